The second kappa shape index (κ2) is 7.14. The molecule has 0 fully saturated rings. The summed E-state index contributed by atoms with van der Waals surface area (Å²) in [5.74, 6) is 0. The van der Waals surface area contributed by atoms with Gasteiger partial charge in [-0.05, 0) is 25.0 Å². The lowest BCUT2D eigenvalue weighted by Crippen LogP contribution is -2.42. The van der Waals surface area contributed by atoms with Gasteiger partial charge in [0.25, 0.3) is 0 Å². The van der Waals surface area contributed by atoms with E-state index in [0.29, 0.717) is 0 Å². The zero-order valence-corrected chi connectivity index (χ0v) is 11.0. The van der Waals surface area contributed by atoms with Crippen LogP contribution in [0.15, 0.2) is 24.3 Å². The Kier molecular flexibility index (Phi) is 5.82. The van der Waals surface area contributed by atoms with E-state index in [2.05, 4.69) is 10.6 Å². The van der Waals surface area contributed by atoms with Gasteiger partial charge in [0.15, 0.2) is 0 Å². The average molecular weight is 290 g/mol. The number of hydrogen-bond donors (Lipinski definition) is 3. The Morgan fingerprint density at radius 2 is 2.00 bits per heavy atom. The minimum Gasteiger partial charge on any atom is -0.395 e. The quantitative estimate of drug-likeness (QED) is 0.776. The van der Waals surface area contributed by atoms with Crippen molar-refractivity contribution < 1.29 is 23.1 Å². The Labute approximate surface area is 115 Å². The Balaban J connectivity index is 2.67. The van der Waals surface area contributed by atoms with Gasteiger partial charge in [-0.25, -0.2) is 4.79 Å². The molecule has 7 heteroatoms. The van der Waals surface area contributed by atoms with E-state index in [9.17, 15) is 18.0 Å². The first-order valence-corrected chi connectivity index (χ1v) is 6.15. The number of benzene rings is 1. The molecule has 2 amide bonds. The van der Waals surface area contributed by atoms with Crippen LogP contribution < -0.4 is 10.6 Å². The monoisotopic (exact) mass is 290 g/mol. The molecule has 112 valence electrons. The standard InChI is InChI=1S/C13H17F3N2O2/c1-9(18-12(20)17-6-7-19)8-10-4-2-3-5-11(10)13(14,15)16/h2-5,9,19H,6-8H2,1H3,(H2,17,18,20)/t9-/m0/s1. The number of aliphatic hydroxyl groups excluding tert-OH is 1. The third kappa shape index (κ3) is 5.08. The van der Waals surface area contributed by atoms with E-state index in [1.54, 1.807) is 6.92 Å². The van der Waals surface area contributed by atoms with Gasteiger partial charge >= 0.3 is 12.2 Å². The normalized spacial score (nSPS) is 12.8. The van der Waals surface area contributed by atoms with Gasteiger partial charge in [-0.15, -0.1) is 0 Å². The number of nitrogens with one attached hydrogen (secondary N) is 2. The largest absolute Gasteiger partial charge is 0.416 e. The first-order valence-electron chi connectivity index (χ1n) is 6.15. The van der Waals surface area contributed by atoms with Crippen LogP contribution in [0, 0.1) is 0 Å². The van der Waals surface area contributed by atoms with Gasteiger partial charge in [0, 0.05) is 12.6 Å². The second-order valence-corrected chi connectivity index (χ2v) is 4.38. The highest BCUT2D eigenvalue weighted by Gasteiger charge is 2.33. The van der Waals surface area contributed by atoms with Gasteiger partial charge in [-0.3, -0.25) is 0 Å². The molecule has 1 aromatic rings. The van der Waals surface area contributed by atoms with Crippen LogP contribution in [0.1, 0.15) is 18.1 Å². The van der Waals surface area contributed by atoms with Crippen molar-refractivity contribution >= 4 is 6.03 Å². The van der Waals surface area contributed by atoms with Crippen molar-refractivity contribution in [1.29, 1.82) is 0 Å². The van der Waals surface area contributed by atoms with Crippen LogP contribution in [0.25, 0.3) is 0 Å². The van der Waals surface area contributed by atoms with Crippen LogP contribution in [0.4, 0.5) is 18.0 Å². The first-order chi connectivity index (χ1) is 9.34. The summed E-state index contributed by atoms with van der Waals surface area (Å²) in [6.07, 6.45) is -4.34. The molecule has 0 aromatic heterocycles. The fourth-order valence-electron chi connectivity index (χ4n) is 1.80. The molecule has 0 heterocycles. The van der Waals surface area contributed by atoms with Crippen molar-refractivity contribution in [2.75, 3.05) is 13.2 Å². The topological polar surface area (TPSA) is 61.4 Å². The van der Waals surface area contributed by atoms with Gasteiger partial charge in [0.2, 0.25) is 0 Å². The molecule has 1 atom stereocenters. The molecule has 0 bridgehead atoms. The summed E-state index contributed by atoms with van der Waals surface area (Å²) >= 11 is 0. The SMILES string of the molecule is C[C@@H](Cc1ccccc1C(F)(F)F)NC(=O)NCCO. The Morgan fingerprint density at radius 1 is 1.35 bits per heavy atom. The third-order valence-corrected chi connectivity index (χ3v) is 2.62. The number of carbonyl (C=O) groups is 1. The van der Waals surface area contributed by atoms with E-state index in [4.69, 9.17) is 5.11 Å². The van der Waals surface area contributed by atoms with Gasteiger partial charge in [0.05, 0.1) is 12.2 Å². The molecule has 1 aromatic carbocycles. The maximum atomic E-state index is 12.8. The summed E-state index contributed by atoms with van der Waals surface area (Å²) in [4.78, 5) is 11.3. The Hall–Kier alpha value is -1.76. The van der Waals surface area contributed by atoms with Crippen LogP contribution in [0.2, 0.25) is 0 Å². The van der Waals surface area contributed by atoms with E-state index in [0.717, 1.165) is 6.07 Å². The highest BCUT2D eigenvalue weighted by atomic mass is 19.4. The van der Waals surface area contributed by atoms with Crippen molar-refractivity contribution in [2.24, 2.45) is 0 Å². The van der Waals surface area contributed by atoms with Gasteiger partial charge in [-0.2, -0.15) is 13.2 Å². The summed E-state index contributed by atoms with van der Waals surface area (Å²) in [5.41, 5.74) is -0.556. The minimum atomic E-state index is -4.41. The van der Waals surface area contributed by atoms with E-state index in [1.807, 2.05) is 0 Å². The molecule has 0 aliphatic heterocycles. The maximum absolute atomic E-state index is 12.8. The smallest absolute Gasteiger partial charge is 0.395 e. The van der Waals surface area contributed by atoms with Crippen LogP contribution >= 0.6 is 0 Å². The molecule has 0 aliphatic rings. The van der Waals surface area contributed by atoms with Crippen molar-refractivity contribution in [1.82, 2.24) is 10.6 Å². The Bertz CT molecular complexity index is 449. The van der Waals surface area contributed by atoms with Crippen molar-refractivity contribution in [3.63, 3.8) is 0 Å². The van der Waals surface area contributed by atoms with E-state index in [1.165, 1.54) is 18.2 Å². The van der Waals surface area contributed by atoms with Gasteiger partial charge in [0.1, 0.15) is 0 Å². The molecule has 0 spiro atoms. The molecule has 0 aliphatic carbocycles. The average Bonchev–Trinajstić information content (AvgIpc) is 2.35. The molecule has 0 unspecified atom stereocenters. The Morgan fingerprint density at radius 3 is 2.60 bits per heavy atom. The number of halogens is 3. The zero-order chi connectivity index (χ0) is 15.2. The number of alkyl halides is 3. The summed E-state index contributed by atoms with van der Waals surface area (Å²) < 4.78 is 38.4. The van der Waals surface area contributed by atoms with E-state index >= 15 is 0 Å². The molecule has 4 nitrogen and oxygen atoms in total. The van der Waals surface area contributed by atoms with Crippen LogP contribution in [0.3, 0.4) is 0 Å². The summed E-state index contributed by atoms with van der Waals surface area (Å²) in [7, 11) is 0. The fourth-order valence-corrected chi connectivity index (χ4v) is 1.80. The molecular formula is C13H17F3N2O2. The minimum absolute atomic E-state index is 0.0717. The first kappa shape index (κ1) is 16.3. The van der Waals surface area contributed by atoms with Crippen LogP contribution in [0.5, 0.6) is 0 Å². The lowest BCUT2D eigenvalue weighted by molar-refractivity contribution is -0.138. The number of rotatable bonds is 5. The summed E-state index contributed by atoms with van der Waals surface area (Å²) in [6, 6.07) is 4.30. The van der Waals surface area contributed by atoms with E-state index in [-0.39, 0.29) is 25.1 Å². The predicted molar refractivity (Wildman–Crippen MR) is 68.2 cm³/mol. The van der Waals surface area contributed by atoms with E-state index < -0.39 is 23.8 Å². The highest BCUT2D eigenvalue weighted by Crippen LogP contribution is 2.32. The zero-order valence-electron chi connectivity index (χ0n) is 11.0. The number of carbonyl (C=O) groups excluding carboxylic acids is 1. The maximum Gasteiger partial charge on any atom is 0.416 e. The lowest BCUT2D eigenvalue weighted by atomic mass is 10.0. The number of urea groups is 1. The number of aliphatic hydroxyl groups is 1. The predicted octanol–water partition coefficient (Wildman–Crippen LogP) is 1.93. The van der Waals surface area contributed by atoms with Crippen molar-refractivity contribution in [3.05, 3.63) is 35.4 Å². The lowest BCUT2D eigenvalue weighted by Gasteiger charge is -2.17. The molecule has 0 saturated heterocycles. The number of hydrogen-bond acceptors (Lipinski definition) is 2. The van der Waals surface area contributed by atoms with Crippen LogP contribution in [-0.4, -0.2) is 30.3 Å². The fraction of sp³-hybridized carbons (Fsp3) is 0.462. The second-order valence-electron chi connectivity index (χ2n) is 4.38. The van der Waals surface area contributed by atoms with Gasteiger partial charge in [-0.1, -0.05) is 18.2 Å². The molecule has 0 saturated carbocycles. The number of amides is 2. The molecule has 20 heavy (non-hydrogen) atoms. The van der Waals surface area contributed by atoms with Gasteiger partial charge < -0.3 is 15.7 Å². The van der Waals surface area contributed by atoms with Crippen molar-refractivity contribution in [2.45, 2.75) is 25.6 Å². The third-order valence-electron chi connectivity index (χ3n) is 2.62. The van der Waals surface area contributed by atoms with Crippen LogP contribution in [-0.2, 0) is 12.6 Å². The molecule has 1 rings (SSSR count). The molecule has 0 radical (unpaired) electrons. The highest BCUT2D eigenvalue weighted by molar-refractivity contribution is 5.74. The summed E-state index contributed by atoms with van der Waals surface area (Å²) in [5, 5.41) is 13.4. The molecule has 3 N–H and O–H groups in total. The molecular weight excluding hydrogens is 273 g/mol. The summed E-state index contributed by atoms with van der Waals surface area (Å²) in [6.45, 7) is 1.52. The van der Waals surface area contributed by atoms with Crippen molar-refractivity contribution in [3.8, 4) is 0 Å².